The van der Waals surface area contributed by atoms with Crippen LogP contribution in [0, 0.1) is 0 Å². The zero-order valence-electron chi connectivity index (χ0n) is 9.29. The quantitative estimate of drug-likeness (QED) is 0.336. The molecule has 102 valence electrons. The van der Waals surface area contributed by atoms with Crippen LogP contribution < -0.4 is 5.32 Å². The van der Waals surface area contributed by atoms with Gasteiger partial charge < -0.3 is 25.1 Å². The highest BCUT2D eigenvalue weighted by atomic mass is 31.1. The van der Waals surface area contributed by atoms with Crippen molar-refractivity contribution in [2.75, 3.05) is 0 Å². The number of carbonyl (C=O) groups excluding carboxylic acids is 2. The van der Waals surface area contributed by atoms with Gasteiger partial charge in [-0.1, -0.05) is 0 Å². The largest absolute Gasteiger partial charge is 0.695 e. The predicted molar refractivity (Wildman–Crippen MR) is 55.3 cm³/mol. The van der Waals surface area contributed by atoms with E-state index in [0.29, 0.717) is 0 Å². The smallest absolute Gasteiger partial charge is 0.388 e. The fourth-order valence-electron chi connectivity index (χ4n) is 1.62. The van der Waals surface area contributed by atoms with Crippen molar-refractivity contribution >= 4 is 20.4 Å². The molecular formula is C8H13NO8P+. The molecule has 9 nitrogen and oxygen atoms in total. The average molecular weight is 282 g/mol. The molecule has 0 spiro atoms. The van der Waals surface area contributed by atoms with Crippen molar-refractivity contribution in [3.63, 3.8) is 0 Å². The SMILES string of the molecule is CC(=O)NC1C(O)OC(C=O)C(O[P+](=O)O)C1O. The summed E-state index contributed by atoms with van der Waals surface area (Å²) in [6, 6.07) is -1.27. The summed E-state index contributed by atoms with van der Waals surface area (Å²) in [4.78, 5) is 30.2. The van der Waals surface area contributed by atoms with Gasteiger partial charge in [-0.3, -0.25) is 4.79 Å². The molecule has 1 aliphatic heterocycles. The number of aldehydes is 1. The van der Waals surface area contributed by atoms with Crippen LogP contribution in [0.25, 0.3) is 0 Å². The van der Waals surface area contributed by atoms with Crippen LogP contribution in [0.4, 0.5) is 0 Å². The van der Waals surface area contributed by atoms with E-state index < -0.39 is 44.8 Å². The molecular weight excluding hydrogens is 269 g/mol. The van der Waals surface area contributed by atoms with Crippen LogP contribution in [-0.2, 0) is 23.4 Å². The molecule has 1 aliphatic rings. The lowest BCUT2D eigenvalue weighted by atomic mass is 9.97. The number of nitrogens with one attached hydrogen (secondary N) is 1. The Kier molecular flexibility index (Phi) is 5.27. The fourth-order valence-corrected chi connectivity index (χ4v) is 2.07. The van der Waals surface area contributed by atoms with Crippen LogP contribution in [0.3, 0.4) is 0 Å². The Morgan fingerprint density at radius 1 is 1.50 bits per heavy atom. The summed E-state index contributed by atoms with van der Waals surface area (Å²) in [6.07, 6.45) is -5.85. The topological polar surface area (TPSA) is 142 Å². The highest BCUT2D eigenvalue weighted by molar-refractivity contribution is 7.32. The summed E-state index contributed by atoms with van der Waals surface area (Å²) in [5.74, 6) is -0.557. The van der Waals surface area contributed by atoms with Gasteiger partial charge in [-0.05, 0) is 0 Å². The van der Waals surface area contributed by atoms with E-state index in [0.717, 1.165) is 6.92 Å². The third-order valence-corrected chi connectivity index (χ3v) is 2.77. The molecule has 18 heavy (non-hydrogen) atoms. The third kappa shape index (κ3) is 3.52. The van der Waals surface area contributed by atoms with Gasteiger partial charge in [0.1, 0.15) is 18.2 Å². The second kappa shape index (κ2) is 6.28. The lowest BCUT2D eigenvalue weighted by Crippen LogP contribution is -2.63. The van der Waals surface area contributed by atoms with E-state index in [4.69, 9.17) is 9.63 Å². The zero-order chi connectivity index (χ0) is 13.9. The number of carbonyl (C=O) groups is 2. The second-order valence-corrected chi connectivity index (χ2v) is 4.34. The Morgan fingerprint density at radius 2 is 2.11 bits per heavy atom. The average Bonchev–Trinajstić information content (AvgIpc) is 2.27. The number of aliphatic hydroxyl groups excluding tert-OH is 2. The number of ether oxygens (including phenoxy) is 1. The summed E-state index contributed by atoms with van der Waals surface area (Å²) in [7, 11) is -3.08. The summed E-state index contributed by atoms with van der Waals surface area (Å²) in [5.41, 5.74) is 0. The van der Waals surface area contributed by atoms with E-state index >= 15 is 0 Å². The maximum atomic E-state index is 10.9. The highest BCUT2D eigenvalue weighted by Gasteiger charge is 2.49. The van der Waals surface area contributed by atoms with Crippen molar-refractivity contribution in [2.45, 2.75) is 37.6 Å². The Labute approximate surface area is 103 Å². The lowest BCUT2D eigenvalue weighted by Gasteiger charge is -2.38. The highest BCUT2D eigenvalue weighted by Crippen LogP contribution is 2.28. The van der Waals surface area contributed by atoms with E-state index in [9.17, 15) is 24.4 Å². The van der Waals surface area contributed by atoms with Gasteiger partial charge in [0.25, 0.3) is 0 Å². The summed E-state index contributed by atoms with van der Waals surface area (Å²) in [5, 5.41) is 21.5. The van der Waals surface area contributed by atoms with E-state index in [-0.39, 0.29) is 6.29 Å². The maximum Gasteiger partial charge on any atom is 0.695 e. The molecule has 0 aromatic heterocycles. The van der Waals surface area contributed by atoms with Crippen LogP contribution in [0.1, 0.15) is 6.92 Å². The molecule has 0 aromatic carbocycles. The standard InChI is InChI=1S/C8H12NO8P/c1-3(11)9-5-6(12)7(17-18(14)15)4(2-10)16-8(5)13/h2,4-8,12-13H,1H3,(H-,9,11,14,15)/p+1. The van der Waals surface area contributed by atoms with Crippen molar-refractivity contribution < 1.29 is 38.5 Å². The molecule has 0 bridgehead atoms. The Balaban J connectivity index is 2.88. The third-order valence-electron chi connectivity index (χ3n) is 2.35. The first kappa shape index (κ1) is 15.1. The van der Waals surface area contributed by atoms with Crippen molar-refractivity contribution in [2.24, 2.45) is 0 Å². The molecule has 0 saturated carbocycles. The van der Waals surface area contributed by atoms with Crippen molar-refractivity contribution in [1.29, 1.82) is 0 Å². The number of amides is 1. The van der Waals surface area contributed by atoms with Gasteiger partial charge >= 0.3 is 8.25 Å². The minimum atomic E-state index is -3.08. The maximum absolute atomic E-state index is 10.9. The van der Waals surface area contributed by atoms with Gasteiger partial charge in [-0.25, -0.2) is 0 Å². The van der Waals surface area contributed by atoms with E-state index in [2.05, 4.69) is 9.84 Å². The molecule has 1 fully saturated rings. The van der Waals surface area contributed by atoms with Crippen LogP contribution in [0.15, 0.2) is 0 Å². The Morgan fingerprint density at radius 3 is 2.56 bits per heavy atom. The second-order valence-electron chi connectivity index (χ2n) is 3.65. The fraction of sp³-hybridized carbons (Fsp3) is 0.750. The Hall–Kier alpha value is -0.960. The molecule has 0 aliphatic carbocycles. The molecule has 4 N–H and O–H groups in total. The number of rotatable bonds is 4. The molecule has 1 saturated heterocycles. The van der Waals surface area contributed by atoms with Crippen LogP contribution in [0.5, 0.6) is 0 Å². The van der Waals surface area contributed by atoms with Gasteiger partial charge in [-0.15, -0.1) is 9.42 Å². The molecule has 0 aromatic rings. The Bertz CT molecular complexity index is 350. The van der Waals surface area contributed by atoms with E-state index in [1.165, 1.54) is 0 Å². The number of hydrogen-bond donors (Lipinski definition) is 4. The molecule has 6 atom stereocenters. The molecule has 1 heterocycles. The molecule has 10 heteroatoms. The van der Waals surface area contributed by atoms with Crippen LogP contribution >= 0.6 is 8.25 Å². The van der Waals surface area contributed by atoms with Gasteiger partial charge in [0.15, 0.2) is 18.7 Å². The lowest BCUT2D eigenvalue weighted by molar-refractivity contribution is -0.233. The summed E-state index contributed by atoms with van der Waals surface area (Å²) in [6.45, 7) is 1.15. The van der Waals surface area contributed by atoms with E-state index in [1.807, 2.05) is 0 Å². The molecule has 0 radical (unpaired) electrons. The zero-order valence-corrected chi connectivity index (χ0v) is 10.2. The van der Waals surface area contributed by atoms with Gasteiger partial charge in [0.05, 0.1) is 0 Å². The molecule has 6 unspecified atom stereocenters. The predicted octanol–water partition coefficient (Wildman–Crippen LogP) is -2.20. The first-order chi connectivity index (χ1) is 8.36. The first-order valence-electron chi connectivity index (χ1n) is 4.93. The minimum absolute atomic E-state index is 0.222. The van der Waals surface area contributed by atoms with Gasteiger partial charge in [-0.2, -0.15) is 0 Å². The number of hydrogen-bond acceptors (Lipinski definition) is 7. The van der Waals surface area contributed by atoms with Gasteiger partial charge in [0, 0.05) is 11.5 Å². The normalized spacial score (nSPS) is 36.9. The van der Waals surface area contributed by atoms with Crippen molar-refractivity contribution in [1.82, 2.24) is 5.32 Å². The first-order valence-corrected chi connectivity index (χ1v) is 6.06. The van der Waals surface area contributed by atoms with E-state index in [1.54, 1.807) is 0 Å². The molecule has 1 rings (SSSR count). The van der Waals surface area contributed by atoms with Crippen LogP contribution in [-0.4, -0.2) is 57.9 Å². The monoisotopic (exact) mass is 282 g/mol. The summed E-state index contributed by atoms with van der Waals surface area (Å²) < 4.78 is 19.8. The van der Waals surface area contributed by atoms with Crippen molar-refractivity contribution in [3.05, 3.63) is 0 Å². The molecule has 1 amide bonds. The van der Waals surface area contributed by atoms with Crippen LogP contribution in [0.2, 0.25) is 0 Å². The van der Waals surface area contributed by atoms with Gasteiger partial charge in [0.2, 0.25) is 5.91 Å². The number of aliphatic hydroxyl groups is 2. The minimum Gasteiger partial charge on any atom is -0.388 e. The van der Waals surface area contributed by atoms with Crippen molar-refractivity contribution in [3.8, 4) is 0 Å². The summed E-state index contributed by atoms with van der Waals surface area (Å²) >= 11 is 0.